The van der Waals surface area contributed by atoms with E-state index in [9.17, 15) is 25.2 Å². The maximum absolute atomic E-state index is 11.4. The first-order valence-electron chi connectivity index (χ1n) is 10.8. The highest BCUT2D eigenvalue weighted by Gasteiger charge is 2.48. The number of nitrogens with two attached hydrogens (primary N) is 1. The molecule has 6 N–H and O–H groups in total. The molecule has 3 aromatic heterocycles. The fourth-order valence-corrected chi connectivity index (χ4v) is 3.83. The van der Waals surface area contributed by atoms with Crippen LogP contribution in [-0.2, 0) is 9.53 Å². The van der Waals surface area contributed by atoms with Crippen molar-refractivity contribution in [2.24, 2.45) is 0 Å². The summed E-state index contributed by atoms with van der Waals surface area (Å²) in [6.45, 7) is 0. The predicted octanol–water partition coefficient (Wildman–Crippen LogP) is -0.866. The first-order valence-corrected chi connectivity index (χ1v) is 10.8. The molecule has 15 nitrogen and oxygen atoms in total. The van der Waals surface area contributed by atoms with Gasteiger partial charge in [-0.25, -0.2) is 14.8 Å². The third kappa shape index (κ3) is 4.36. The van der Waals surface area contributed by atoms with Crippen LogP contribution < -0.4 is 15.2 Å². The first kappa shape index (κ1) is 24.3. The van der Waals surface area contributed by atoms with Crippen LogP contribution in [0.1, 0.15) is 0 Å². The Hall–Kier alpha value is -4.44. The lowest BCUT2D eigenvalue weighted by atomic mass is 9.99. The van der Waals surface area contributed by atoms with E-state index in [-0.39, 0.29) is 29.1 Å². The Kier molecular flexibility index (Phi) is 6.26. The molecule has 0 unspecified atom stereocenters. The van der Waals surface area contributed by atoms with Crippen LogP contribution in [0.4, 0.5) is 5.95 Å². The quantitative estimate of drug-likeness (QED) is 0.212. The van der Waals surface area contributed by atoms with E-state index in [1.807, 2.05) is 0 Å². The number of hydrogen-bond acceptors (Lipinski definition) is 13. The molecule has 0 saturated carbocycles. The van der Waals surface area contributed by atoms with Gasteiger partial charge in [0.25, 0.3) is 0 Å². The summed E-state index contributed by atoms with van der Waals surface area (Å²) < 4.78 is 17.6. The molecule has 37 heavy (non-hydrogen) atoms. The number of carbonyl (C=O) groups is 1. The van der Waals surface area contributed by atoms with E-state index in [4.69, 9.17) is 19.9 Å². The van der Waals surface area contributed by atoms with Gasteiger partial charge in [-0.3, -0.25) is 4.98 Å². The number of nitrogen functional groups attached to an aromatic ring is 1. The Labute approximate surface area is 207 Å². The smallest absolute Gasteiger partial charge is 0.335 e. The Morgan fingerprint density at radius 2 is 1.89 bits per heavy atom. The lowest BCUT2D eigenvalue weighted by molar-refractivity contribution is -0.271. The van der Waals surface area contributed by atoms with Gasteiger partial charge in [-0.2, -0.15) is 9.67 Å². The summed E-state index contributed by atoms with van der Waals surface area (Å²) >= 11 is 0. The van der Waals surface area contributed by atoms with Gasteiger partial charge in [0.1, 0.15) is 30.3 Å². The molecule has 0 spiro atoms. The number of nitrogens with zero attached hydrogens (tertiary/aromatic N) is 6. The van der Waals surface area contributed by atoms with Crippen LogP contribution >= 0.6 is 0 Å². The summed E-state index contributed by atoms with van der Waals surface area (Å²) in [7, 11) is 1.36. The second kappa shape index (κ2) is 9.55. The van der Waals surface area contributed by atoms with Crippen LogP contribution in [0.25, 0.3) is 28.2 Å². The summed E-state index contributed by atoms with van der Waals surface area (Å²) in [5.74, 6) is -0.882. The number of anilines is 1. The molecule has 1 fully saturated rings. The van der Waals surface area contributed by atoms with Crippen molar-refractivity contribution < 1.29 is 39.4 Å². The third-order valence-electron chi connectivity index (χ3n) is 5.68. The van der Waals surface area contributed by atoms with Gasteiger partial charge < -0.3 is 40.4 Å². The summed E-state index contributed by atoms with van der Waals surface area (Å²) in [5, 5.41) is 44.5. The Bertz CT molecular complexity index is 1450. The second-order valence-electron chi connectivity index (χ2n) is 7.99. The molecule has 1 aromatic carbocycles. The van der Waals surface area contributed by atoms with E-state index in [1.54, 1.807) is 24.4 Å². The number of aliphatic carboxylic acids is 1. The average Bonchev–Trinajstić information content (AvgIpc) is 3.29. The maximum Gasteiger partial charge on any atom is 0.335 e. The van der Waals surface area contributed by atoms with Gasteiger partial charge in [-0.1, -0.05) is 6.07 Å². The summed E-state index contributed by atoms with van der Waals surface area (Å²) in [4.78, 5) is 28.4. The topological polar surface area (TPSA) is 221 Å². The highest BCUT2D eigenvalue weighted by atomic mass is 16.7. The van der Waals surface area contributed by atoms with Crippen LogP contribution in [0.15, 0.2) is 42.9 Å². The molecule has 0 aliphatic carbocycles. The molecule has 0 bridgehead atoms. The molecule has 15 heteroatoms. The molecule has 1 aliphatic heterocycles. The maximum atomic E-state index is 11.4. The standard InChI is InChI=1S/C22H21N7O8/c1-35-12-7-11-9(6-13(12)36-21-16(32)14(30)15(31)17(37-21)20(33)34)19(26-8-25-11)29-22(23)27-18(28-29)10-4-2-3-5-24-10/h2-8,14-17,21,30-32H,1H3,(H,33,34)(H2,23,27,28)/t14-,15-,16+,17-,21+/m0/s1. The van der Waals surface area contributed by atoms with E-state index in [1.165, 1.54) is 30.3 Å². The normalized spacial score (nSPS) is 23.6. The Morgan fingerprint density at radius 1 is 1.08 bits per heavy atom. The molecule has 192 valence electrons. The molecule has 5 rings (SSSR count). The van der Waals surface area contributed by atoms with Crippen molar-refractivity contribution in [3.8, 4) is 28.8 Å². The van der Waals surface area contributed by atoms with Crippen molar-refractivity contribution in [1.82, 2.24) is 29.7 Å². The van der Waals surface area contributed by atoms with Gasteiger partial charge in [-0.05, 0) is 18.2 Å². The van der Waals surface area contributed by atoms with E-state index in [0.717, 1.165) is 0 Å². The summed E-state index contributed by atoms with van der Waals surface area (Å²) in [6, 6.07) is 8.22. The van der Waals surface area contributed by atoms with E-state index in [2.05, 4.69) is 25.0 Å². The monoisotopic (exact) mass is 511 g/mol. The zero-order valence-corrected chi connectivity index (χ0v) is 19.1. The predicted molar refractivity (Wildman–Crippen MR) is 124 cm³/mol. The van der Waals surface area contributed by atoms with Crippen LogP contribution in [0.5, 0.6) is 11.5 Å². The number of benzene rings is 1. The van der Waals surface area contributed by atoms with Crippen molar-refractivity contribution in [3.05, 3.63) is 42.9 Å². The summed E-state index contributed by atoms with van der Waals surface area (Å²) in [6.07, 6.45) is -6.10. The molecular formula is C22H21N7O8. The number of methoxy groups -OCH3 is 1. The molecule has 1 saturated heterocycles. The van der Waals surface area contributed by atoms with Gasteiger partial charge in [-0.15, -0.1) is 5.10 Å². The van der Waals surface area contributed by atoms with Crippen molar-refractivity contribution >= 4 is 22.8 Å². The number of aromatic nitrogens is 6. The van der Waals surface area contributed by atoms with E-state index in [0.29, 0.717) is 16.6 Å². The zero-order valence-electron chi connectivity index (χ0n) is 19.1. The number of carboxylic acid groups (broad SMARTS) is 1. The van der Waals surface area contributed by atoms with Gasteiger partial charge in [0.2, 0.25) is 18.1 Å². The number of aliphatic hydroxyl groups is 3. The van der Waals surface area contributed by atoms with E-state index >= 15 is 0 Å². The number of hydrogen-bond donors (Lipinski definition) is 5. The zero-order chi connectivity index (χ0) is 26.3. The van der Waals surface area contributed by atoms with Crippen molar-refractivity contribution in [3.63, 3.8) is 0 Å². The van der Waals surface area contributed by atoms with Crippen LogP contribution in [-0.4, -0.2) is 93.9 Å². The summed E-state index contributed by atoms with van der Waals surface area (Å²) in [5.41, 5.74) is 7.02. The minimum absolute atomic E-state index is 0.00790. The van der Waals surface area contributed by atoms with Gasteiger partial charge in [0, 0.05) is 17.6 Å². The molecule has 4 aromatic rings. The number of fused-ring (bicyclic) bond motifs is 1. The van der Waals surface area contributed by atoms with Crippen molar-refractivity contribution in [2.75, 3.05) is 12.8 Å². The number of carboxylic acids is 1. The molecule has 4 heterocycles. The third-order valence-corrected chi connectivity index (χ3v) is 5.68. The number of aliphatic hydroxyl groups excluding tert-OH is 3. The molecular weight excluding hydrogens is 490 g/mol. The Morgan fingerprint density at radius 3 is 2.59 bits per heavy atom. The van der Waals surface area contributed by atoms with Crippen LogP contribution in [0.2, 0.25) is 0 Å². The molecule has 0 radical (unpaired) electrons. The SMILES string of the molecule is COc1cc2ncnc(-n3nc(-c4ccccn4)nc3N)c2cc1O[C@@H]1O[C@H](C(=O)O)[C@@H](O)[C@H](O)[C@H]1O. The van der Waals surface area contributed by atoms with Crippen molar-refractivity contribution in [1.29, 1.82) is 0 Å². The first-order chi connectivity index (χ1) is 17.8. The average molecular weight is 511 g/mol. The Balaban J connectivity index is 1.56. The molecule has 0 amide bonds. The number of pyridine rings is 1. The van der Waals surface area contributed by atoms with Crippen LogP contribution in [0.3, 0.4) is 0 Å². The van der Waals surface area contributed by atoms with E-state index < -0.39 is 36.7 Å². The molecule has 5 atom stereocenters. The fraction of sp³-hybridized carbons (Fsp3) is 0.273. The van der Waals surface area contributed by atoms with Crippen LogP contribution in [0, 0.1) is 0 Å². The molecule has 1 aliphatic rings. The lowest BCUT2D eigenvalue weighted by Gasteiger charge is -2.38. The number of rotatable bonds is 6. The number of ether oxygens (including phenoxy) is 3. The van der Waals surface area contributed by atoms with Gasteiger partial charge in [0.15, 0.2) is 23.4 Å². The van der Waals surface area contributed by atoms with Crippen molar-refractivity contribution in [2.45, 2.75) is 30.7 Å². The highest BCUT2D eigenvalue weighted by Crippen LogP contribution is 2.36. The lowest BCUT2D eigenvalue weighted by Crippen LogP contribution is -2.61. The van der Waals surface area contributed by atoms with Gasteiger partial charge >= 0.3 is 5.97 Å². The fourth-order valence-electron chi connectivity index (χ4n) is 3.83. The minimum atomic E-state index is -1.87. The second-order valence-corrected chi connectivity index (χ2v) is 7.99. The largest absolute Gasteiger partial charge is 0.493 e. The highest BCUT2D eigenvalue weighted by molar-refractivity contribution is 5.88. The van der Waals surface area contributed by atoms with Gasteiger partial charge in [0.05, 0.1) is 12.6 Å². The minimum Gasteiger partial charge on any atom is -0.493 e.